The molecule has 1 aromatic heterocycles. The van der Waals surface area contributed by atoms with Gasteiger partial charge in [0.2, 0.25) is 0 Å². The minimum Gasteiger partial charge on any atom is -0.462 e. The molecule has 0 radical (unpaired) electrons. The second-order valence-corrected chi connectivity index (χ2v) is 9.09. The fraction of sp³-hybridized carbons (Fsp3) is 0.185. The zero-order chi connectivity index (χ0) is 27.7. The molecule has 200 valence electrons. The first-order valence-corrected chi connectivity index (χ1v) is 12.3. The number of aliphatic hydroxyl groups is 1. The van der Waals surface area contributed by atoms with E-state index in [1.807, 2.05) is 0 Å². The standard InChI is InChI=1S/C27H22ClFN4O6/c1-2-38-26(36)20-9-15(3-6-22(20)28)31-25(35)14-7-19(21-11-30-32-24(21)8-14)18-5-4-16(10-23(18)29)33-12-17(13-34)39-27(33)37/h3-11,17,34H,2,12-13H2,1H3,(H,30,32)(H,31,35)/t17-/m1/s1. The summed E-state index contributed by atoms with van der Waals surface area (Å²) in [6.45, 7) is 1.60. The number of carbonyl (C=O) groups is 3. The van der Waals surface area contributed by atoms with Gasteiger partial charge in [-0.2, -0.15) is 5.10 Å². The topological polar surface area (TPSA) is 134 Å². The molecule has 12 heteroatoms. The van der Waals surface area contributed by atoms with Crippen molar-refractivity contribution in [3.8, 4) is 11.1 Å². The van der Waals surface area contributed by atoms with Gasteiger partial charge in [-0.05, 0) is 61.0 Å². The van der Waals surface area contributed by atoms with Crippen LogP contribution in [0.4, 0.5) is 20.6 Å². The fourth-order valence-corrected chi connectivity index (χ4v) is 4.49. The van der Waals surface area contributed by atoms with Crippen LogP contribution in [0, 0.1) is 5.82 Å². The molecule has 1 aliphatic heterocycles. The predicted molar refractivity (Wildman–Crippen MR) is 142 cm³/mol. The Balaban J connectivity index is 1.46. The van der Waals surface area contributed by atoms with Crippen LogP contribution in [-0.4, -0.2) is 59.1 Å². The summed E-state index contributed by atoms with van der Waals surface area (Å²) in [5.74, 6) is -1.77. The fourth-order valence-electron chi connectivity index (χ4n) is 4.29. The molecule has 0 bridgehead atoms. The van der Waals surface area contributed by atoms with Gasteiger partial charge in [-0.25, -0.2) is 14.0 Å². The van der Waals surface area contributed by atoms with Gasteiger partial charge in [-0.3, -0.25) is 14.8 Å². The maximum Gasteiger partial charge on any atom is 0.414 e. The highest BCUT2D eigenvalue weighted by atomic mass is 35.5. The highest BCUT2D eigenvalue weighted by molar-refractivity contribution is 6.33. The first-order valence-electron chi connectivity index (χ1n) is 11.9. The summed E-state index contributed by atoms with van der Waals surface area (Å²) in [5.41, 5.74) is 1.97. The van der Waals surface area contributed by atoms with Crippen molar-refractivity contribution < 1.29 is 33.4 Å². The summed E-state index contributed by atoms with van der Waals surface area (Å²) in [5, 5.41) is 19.6. The van der Waals surface area contributed by atoms with Crippen LogP contribution in [0.15, 0.2) is 54.7 Å². The van der Waals surface area contributed by atoms with Crippen LogP contribution >= 0.6 is 11.6 Å². The number of rotatable bonds is 7. The number of benzene rings is 3. The number of hydrogen-bond acceptors (Lipinski definition) is 7. The van der Waals surface area contributed by atoms with E-state index in [4.69, 9.17) is 21.1 Å². The van der Waals surface area contributed by atoms with Crippen molar-refractivity contribution in [3.63, 3.8) is 0 Å². The molecule has 0 aliphatic carbocycles. The molecule has 5 rings (SSSR count). The highest BCUT2D eigenvalue weighted by Crippen LogP contribution is 2.34. The molecule has 1 saturated heterocycles. The first kappa shape index (κ1) is 26.1. The van der Waals surface area contributed by atoms with Crippen LogP contribution in [0.3, 0.4) is 0 Å². The van der Waals surface area contributed by atoms with E-state index in [0.717, 1.165) is 0 Å². The lowest BCUT2D eigenvalue weighted by Gasteiger charge is -2.15. The third-order valence-electron chi connectivity index (χ3n) is 6.17. The van der Waals surface area contributed by atoms with Gasteiger partial charge in [0.25, 0.3) is 5.91 Å². The zero-order valence-corrected chi connectivity index (χ0v) is 21.3. The number of aliphatic hydroxyl groups excluding tert-OH is 1. The second kappa shape index (κ2) is 10.7. The van der Waals surface area contributed by atoms with Crippen LogP contribution < -0.4 is 10.2 Å². The normalized spacial score (nSPS) is 14.9. The molecule has 2 heterocycles. The van der Waals surface area contributed by atoms with Gasteiger partial charge in [-0.15, -0.1) is 0 Å². The Bertz CT molecular complexity index is 1610. The molecule has 4 aromatic rings. The van der Waals surface area contributed by atoms with Crippen molar-refractivity contribution in [2.24, 2.45) is 0 Å². The van der Waals surface area contributed by atoms with Gasteiger partial charge in [0, 0.05) is 22.2 Å². The Hall–Kier alpha value is -4.48. The number of esters is 1. The lowest BCUT2D eigenvalue weighted by Crippen LogP contribution is -2.25. The summed E-state index contributed by atoms with van der Waals surface area (Å²) in [4.78, 5) is 38.7. The Morgan fingerprint density at radius 3 is 2.77 bits per heavy atom. The van der Waals surface area contributed by atoms with Crippen LogP contribution in [0.5, 0.6) is 0 Å². The van der Waals surface area contributed by atoms with Gasteiger partial charge >= 0.3 is 12.1 Å². The van der Waals surface area contributed by atoms with E-state index in [9.17, 15) is 19.5 Å². The van der Waals surface area contributed by atoms with E-state index in [2.05, 4.69) is 15.5 Å². The molecule has 10 nitrogen and oxygen atoms in total. The first-order chi connectivity index (χ1) is 18.8. The minimum atomic E-state index is -0.685. The maximum atomic E-state index is 15.4. The molecule has 0 saturated carbocycles. The number of halogens is 2. The molecule has 1 fully saturated rings. The average Bonchev–Trinajstić information content (AvgIpc) is 3.55. The number of hydrogen-bond donors (Lipinski definition) is 3. The third kappa shape index (κ3) is 5.14. The quantitative estimate of drug-likeness (QED) is 0.281. The number of anilines is 2. The highest BCUT2D eigenvalue weighted by Gasteiger charge is 2.32. The van der Waals surface area contributed by atoms with Crippen molar-refractivity contribution in [2.75, 3.05) is 30.0 Å². The Morgan fingerprint density at radius 1 is 1.23 bits per heavy atom. The molecule has 3 aromatic carbocycles. The van der Waals surface area contributed by atoms with Crippen LogP contribution in [0.2, 0.25) is 5.02 Å². The number of nitrogens with one attached hydrogen (secondary N) is 2. The molecule has 3 N–H and O–H groups in total. The molecule has 39 heavy (non-hydrogen) atoms. The Morgan fingerprint density at radius 2 is 2.05 bits per heavy atom. The third-order valence-corrected chi connectivity index (χ3v) is 6.50. The molecule has 0 spiro atoms. The van der Waals surface area contributed by atoms with Crippen molar-refractivity contribution in [1.29, 1.82) is 0 Å². The van der Waals surface area contributed by atoms with Gasteiger partial charge in [-0.1, -0.05) is 11.6 Å². The van der Waals surface area contributed by atoms with E-state index < -0.39 is 29.9 Å². The van der Waals surface area contributed by atoms with E-state index in [1.165, 1.54) is 41.4 Å². The number of aromatic nitrogens is 2. The number of cyclic esters (lactones) is 1. The van der Waals surface area contributed by atoms with Crippen LogP contribution in [0.1, 0.15) is 27.6 Å². The van der Waals surface area contributed by atoms with E-state index in [0.29, 0.717) is 22.2 Å². The van der Waals surface area contributed by atoms with Crippen LogP contribution in [0.25, 0.3) is 22.0 Å². The smallest absolute Gasteiger partial charge is 0.414 e. The molecule has 0 unspecified atom stereocenters. The lowest BCUT2D eigenvalue weighted by molar-refractivity contribution is 0.0526. The largest absolute Gasteiger partial charge is 0.462 e. The summed E-state index contributed by atoms with van der Waals surface area (Å²) < 4.78 is 25.5. The average molecular weight is 553 g/mol. The Kier molecular flexibility index (Phi) is 7.18. The van der Waals surface area contributed by atoms with Gasteiger partial charge in [0.05, 0.1) is 47.7 Å². The minimum absolute atomic E-state index is 0.0956. The molecular formula is C27H22ClFN4O6. The van der Waals surface area contributed by atoms with E-state index >= 15 is 4.39 Å². The number of amides is 2. The summed E-state index contributed by atoms with van der Waals surface area (Å²) in [6, 6.07) is 11.8. The van der Waals surface area contributed by atoms with Crippen molar-refractivity contribution in [2.45, 2.75) is 13.0 Å². The van der Waals surface area contributed by atoms with Gasteiger partial charge < -0.3 is 19.9 Å². The van der Waals surface area contributed by atoms with Crippen molar-refractivity contribution in [3.05, 3.63) is 76.7 Å². The zero-order valence-electron chi connectivity index (χ0n) is 20.5. The van der Waals surface area contributed by atoms with Gasteiger partial charge in [0.15, 0.2) is 0 Å². The molecule has 2 amide bonds. The number of H-pyrrole nitrogens is 1. The number of nitrogens with zero attached hydrogens (tertiary/aromatic N) is 2. The van der Waals surface area contributed by atoms with Crippen LogP contribution in [-0.2, 0) is 9.47 Å². The number of carbonyl (C=O) groups excluding carboxylic acids is 3. The summed E-state index contributed by atoms with van der Waals surface area (Å²) >= 11 is 6.11. The van der Waals surface area contributed by atoms with Crippen molar-refractivity contribution in [1.82, 2.24) is 10.2 Å². The number of fused-ring (bicyclic) bond motifs is 1. The monoisotopic (exact) mass is 552 g/mol. The SMILES string of the molecule is CCOC(=O)c1cc(NC(=O)c2cc(-c3ccc(N4C[C@H](CO)OC4=O)cc3F)c3cn[nH]c3c2)ccc1Cl. The van der Waals surface area contributed by atoms with E-state index in [1.54, 1.807) is 25.1 Å². The summed E-state index contributed by atoms with van der Waals surface area (Å²) in [7, 11) is 0. The van der Waals surface area contributed by atoms with Gasteiger partial charge in [0.1, 0.15) is 11.9 Å². The lowest BCUT2D eigenvalue weighted by atomic mass is 9.98. The maximum absolute atomic E-state index is 15.4. The molecular weight excluding hydrogens is 531 g/mol. The Labute approximate surface area is 226 Å². The van der Waals surface area contributed by atoms with E-state index in [-0.39, 0.29) is 47.2 Å². The number of aromatic amines is 1. The summed E-state index contributed by atoms with van der Waals surface area (Å²) in [6.07, 6.45) is 0.161. The second-order valence-electron chi connectivity index (χ2n) is 8.69. The number of ether oxygens (including phenoxy) is 2. The van der Waals surface area contributed by atoms with Crippen molar-refractivity contribution >= 4 is 51.8 Å². The molecule has 1 aliphatic rings. The molecule has 1 atom stereocenters. The predicted octanol–water partition coefficient (Wildman–Crippen LogP) is 4.77.